The fourth-order valence-corrected chi connectivity index (χ4v) is 2.67. The minimum absolute atomic E-state index is 0.223. The predicted molar refractivity (Wildman–Crippen MR) is 89.3 cm³/mol. The van der Waals surface area contributed by atoms with Gasteiger partial charge < -0.3 is 14.8 Å². The molecule has 2 aromatic carbocycles. The van der Waals surface area contributed by atoms with E-state index in [-0.39, 0.29) is 5.91 Å². The smallest absolute Gasteiger partial charge is 0.255 e. The largest absolute Gasteiger partial charge is 0.495 e. The van der Waals surface area contributed by atoms with E-state index in [0.717, 1.165) is 8.95 Å². The monoisotopic (exact) mass is 413 g/mol. The Labute approximate surface area is 139 Å². The summed E-state index contributed by atoms with van der Waals surface area (Å²) in [6.07, 6.45) is 0. The number of ether oxygens (including phenoxy) is 2. The summed E-state index contributed by atoms with van der Waals surface area (Å²) < 4.78 is 12.1. The van der Waals surface area contributed by atoms with Crippen LogP contribution in [0.25, 0.3) is 0 Å². The van der Waals surface area contributed by atoms with Crippen molar-refractivity contribution in [2.75, 3.05) is 19.5 Å². The van der Waals surface area contributed by atoms with Gasteiger partial charge in [0.1, 0.15) is 11.5 Å². The number of benzene rings is 2. The standard InChI is InChI=1S/C15H13Br2NO3/c1-20-13-8-12(14(21-2)7-11(13)17)18-15(19)9-4-3-5-10(16)6-9/h3-8H,1-2H3,(H,18,19). The van der Waals surface area contributed by atoms with Crippen molar-refractivity contribution >= 4 is 43.5 Å². The average Bonchev–Trinajstić information content (AvgIpc) is 2.48. The fourth-order valence-electron chi connectivity index (χ4n) is 1.78. The van der Waals surface area contributed by atoms with E-state index < -0.39 is 0 Å². The maximum atomic E-state index is 12.3. The molecule has 0 saturated carbocycles. The van der Waals surface area contributed by atoms with E-state index in [0.29, 0.717) is 22.7 Å². The quantitative estimate of drug-likeness (QED) is 0.802. The third kappa shape index (κ3) is 3.77. The number of rotatable bonds is 4. The molecule has 0 bridgehead atoms. The lowest BCUT2D eigenvalue weighted by atomic mass is 10.2. The minimum atomic E-state index is -0.223. The summed E-state index contributed by atoms with van der Waals surface area (Å²) in [4.78, 5) is 12.3. The van der Waals surface area contributed by atoms with Crippen molar-refractivity contribution in [1.29, 1.82) is 0 Å². The van der Waals surface area contributed by atoms with Gasteiger partial charge in [0.15, 0.2) is 0 Å². The molecule has 2 aromatic rings. The Bertz CT molecular complexity index is 674. The SMILES string of the molecule is COc1cc(NC(=O)c2cccc(Br)c2)c(OC)cc1Br. The Balaban J connectivity index is 2.32. The molecule has 0 radical (unpaired) electrons. The van der Waals surface area contributed by atoms with Crippen LogP contribution in [0.5, 0.6) is 11.5 Å². The van der Waals surface area contributed by atoms with Crippen LogP contribution in [0.4, 0.5) is 5.69 Å². The zero-order valence-electron chi connectivity index (χ0n) is 11.4. The number of amides is 1. The van der Waals surface area contributed by atoms with Crippen LogP contribution in [0.1, 0.15) is 10.4 Å². The summed E-state index contributed by atoms with van der Waals surface area (Å²) >= 11 is 6.72. The van der Waals surface area contributed by atoms with Gasteiger partial charge in [-0.2, -0.15) is 0 Å². The number of carbonyl (C=O) groups is 1. The van der Waals surface area contributed by atoms with Crippen molar-refractivity contribution in [3.8, 4) is 11.5 Å². The van der Waals surface area contributed by atoms with Gasteiger partial charge in [-0.25, -0.2) is 0 Å². The van der Waals surface area contributed by atoms with Gasteiger partial charge in [-0.05, 0) is 34.1 Å². The summed E-state index contributed by atoms with van der Waals surface area (Å²) in [5.74, 6) is 0.935. The molecule has 0 heterocycles. The first-order chi connectivity index (χ1) is 10.0. The van der Waals surface area contributed by atoms with Gasteiger partial charge in [0.2, 0.25) is 0 Å². The lowest BCUT2D eigenvalue weighted by Gasteiger charge is -2.13. The van der Waals surface area contributed by atoms with Gasteiger partial charge >= 0.3 is 0 Å². The van der Waals surface area contributed by atoms with Crippen LogP contribution < -0.4 is 14.8 Å². The molecule has 0 unspecified atom stereocenters. The number of methoxy groups -OCH3 is 2. The van der Waals surface area contributed by atoms with Crippen LogP contribution in [0.2, 0.25) is 0 Å². The number of carbonyl (C=O) groups excluding carboxylic acids is 1. The van der Waals surface area contributed by atoms with Crippen LogP contribution in [-0.4, -0.2) is 20.1 Å². The number of halogens is 2. The van der Waals surface area contributed by atoms with Crippen LogP contribution in [0.3, 0.4) is 0 Å². The van der Waals surface area contributed by atoms with Gasteiger partial charge in [-0.3, -0.25) is 4.79 Å². The van der Waals surface area contributed by atoms with E-state index >= 15 is 0 Å². The first kappa shape index (κ1) is 15.9. The molecule has 0 aliphatic rings. The van der Waals surface area contributed by atoms with Crippen molar-refractivity contribution < 1.29 is 14.3 Å². The van der Waals surface area contributed by atoms with Crippen molar-refractivity contribution in [3.63, 3.8) is 0 Å². The molecule has 1 N–H and O–H groups in total. The van der Waals surface area contributed by atoms with E-state index in [2.05, 4.69) is 37.2 Å². The molecule has 1 amide bonds. The molecule has 0 spiro atoms. The second-order valence-corrected chi connectivity index (χ2v) is 5.92. The minimum Gasteiger partial charge on any atom is -0.495 e. The van der Waals surface area contributed by atoms with Crippen molar-refractivity contribution in [2.24, 2.45) is 0 Å². The normalized spacial score (nSPS) is 10.1. The predicted octanol–water partition coefficient (Wildman–Crippen LogP) is 4.48. The first-order valence-electron chi connectivity index (χ1n) is 6.03. The van der Waals surface area contributed by atoms with Crippen LogP contribution in [-0.2, 0) is 0 Å². The Morgan fingerprint density at radius 1 is 1.05 bits per heavy atom. The zero-order chi connectivity index (χ0) is 15.4. The second kappa shape index (κ2) is 6.95. The Morgan fingerprint density at radius 3 is 2.38 bits per heavy atom. The highest BCUT2D eigenvalue weighted by molar-refractivity contribution is 9.10. The van der Waals surface area contributed by atoms with Crippen LogP contribution in [0.15, 0.2) is 45.3 Å². The van der Waals surface area contributed by atoms with Crippen molar-refractivity contribution in [3.05, 3.63) is 50.9 Å². The molecule has 21 heavy (non-hydrogen) atoms. The molecule has 0 aliphatic heterocycles. The highest BCUT2D eigenvalue weighted by Crippen LogP contribution is 2.36. The number of anilines is 1. The summed E-state index contributed by atoms with van der Waals surface area (Å²) in [6.45, 7) is 0. The molecule has 110 valence electrons. The van der Waals surface area contributed by atoms with Gasteiger partial charge in [-0.1, -0.05) is 22.0 Å². The van der Waals surface area contributed by atoms with Crippen LogP contribution in [0, 0.1) is 0 Å². The maximum absolute atomic E-state index is 12.3. The second-order valence-electron chi connectivity index (χ2n) is 4.15. The molecular weight excluding hydrogens is 402 g/mol. The topological polar surface area (TPSA) is 47.6 Å². The fraction of sp³-hybridized carbons (Fsp3) is 0.133. The molecule has 6 heteroatoms. The number of hydrogen-bond acceptors (Lipinski definition) is 3. The van der Waals surface area contributed by atoms with Gasteiger partial charge in [0.05, 0.1) is 24.4 Å². The highest BCUT2D eigenvalue weighted by Gasteiger charge is 2.13. The van der Waals surface area contributed by atoms with Crippen molar-refractivity contribution in [2.45, 2.75) is 0 Å². The molecule has 0 fully saturated rings. The first-order valence-corrected chi connectivity index (χ1v) is 7.62. The lowest BCUT2D eigenvalue weighted by molar-refractivity contribution is 0.102. The number of nitrogens with one attached hydrogen (secondary N) is 1. The van der Waals surface area contributed by atoms with Gasteiger partial charge in [0, 0.05) is 22.2 Å². The Morgan fingerprint density at radius 2 is 1.76 bits per heavy atom. The summed E-state index contributed by atoms with van der Waals surface area (Å²) in [7, 11) is 3.11. The lowest BCUT2D eigenvalue weighted by Crippen LogP contribution is -2.12. The van der Waals surface area contributed by atoms with Gasteiger partial charge in [-0.15, -0.1) is 0 Å². The van der Waals surface area contributed by atoms with Gasteiger partial charge in [0.25, 0.3) is 5.91 Å². The third-order valence-corrected chi connectivity index (χ3v) is 3.92. The molecule has 0 aromatic heterocycles. The average molecular weight is 415 g/mol. The molecule has 4 nitrogen and oxygen atoms in total. The van der Waals surface area contributed by atoms with E-state index in [9.17, 15) is 4.79 Å². The summed E-state index contributed by atoms with van der Waals surface area (Å²) in [6, 6.07) is 10.6. The van der Waals surface area contributed by atoms with E-state index in [1.54, 1.807) is 44.6 Å². The molecule has 0 aliphatic carbocycles. The van der Waals surface area contributed by atoms with E-state index in [1.807, 2.05) is 6.07 Å². The van der Waals surface area contributed by atoms with E-state index in [4.69, 9.17) is 9.47 Å². The molecule has 2 rings (SSSR count). The molecule has 0 atom stereocenters. The highest BCUT2D eigenvalue weighted by atomic mass is 79.9. The van der Waals surface area contributed by atoms with Crippen molar-refractivity contribution in [1.82, 2.24) is 0 Å². The maximum Gasteiger partial charge on any atom is 0.255 e. The van der Waals surface area contributed by atoms with Crippen LogP contribution >= 0.6 is 31.9 Å². The molecule has 0 saturated heterocycles. The summed E-state index contributed by atoms with van der Waals surface area (Å²) in [5.41, 5.74) is 1.09. The Kier molecular flexibility index (Phi) is 5.25. The molecular formula is C15H13Br2NO3. The summed E-state index contributed by atoms with van der Waals surface area (Å²) in [5, 5.41) is 2.82. The zero-order valence-corrected chi connectivity index (χ0v) is 14.6. The third-order valence-electron chi connectivity index (χ3n) is 2.81. The number of hydrogen-bond donors (Lipinski definition) is 1. The Hall–Kier alpha value is -1.53. The van der Waals surface area contributed by atoms with E-state index in [1.165, 1.54) is 0 Å².